The van der Waals surface area contributed by atoms with Gasteiger partial charge in [-0.3, -0.25) is 4.79 Å². The second-order valence-electron chi connectivity index (χ2n) is 2.73. The molecule has 11 heavy (non-hydrogen) atoms. The van der Waals surface area contributed by atoms with Gasteiger partial charge in [-0.25, -0.2) is 0 Å². The molecule has 0 heterocycles. The maximum absolute atomic E-state index is 10.4. The third kappa shape index (κ3) is 4.03. The standard InChI is InChI=1S/C6H10O2S.2Na.2H/c1-6(9,5(7)8)4-2-3-4;;;;/h4,9H,2-3H2,1H3,(H,7,8);;;;/q;2*+1;2*-1. The van der Waals surface area contributed by atoms with Crippen LogP contribution in [-0.4, -0.2) is 15.8 Å². The van der Waals surface area contributed by atoms with Crippen molar-refractivity contribution >= 4 is 18.6 Å². The van der Waals surface area contributed by atoms with Gasteiger partial charge in [0, 0.05) is 0 Å². The van der Waals surface area contributed by atoms with Crippen LogP contribution in [0.25, 0.3) is 0 Å². The first-order valence-corrected chi connectivity index (χ1v) is 3.45. The summed E-state index contributed by atoms with van der Waals surface area (Å²) >= 11 is 4.04. The van der Waals surface area contributed by atoms with Gasteiger partial charge in [0.25, 0.3) is 0 Å². The van der Waals surface area contributed by atoms with Gasteiger partial charge in [-0.15, -0.1) is 0 Å². The number of hydrogen-bond donors (Lipinski definition) is 2. The molecule has 0 aromatic rings. The minimum absolute atomic E-state index is 0. The number of carbonyl (C=O) groups is 1. The van der Waals surface area contributed by atoms with Crippen LogP contribution in [0.3, 0.4) is 0 Å². The summed E-state index contributed by atoms with van der Waals surface area (Å²) < 4.78 is -0.778. The molecule has 0 spiro atoms. The van der Waals surface area contributed by atoms with Crippen molar-refractivity contribution in [3.05, 3.63) is 0 Å². The van der Waals surface area contributed by atoms with Crippen LogP contribution in [0.1, 0.15) is 22.6 Å². The predicted octanol–water partition coefficient (Wildman–Crippen LogP) is -4.60. The molecule has 1 aliphatic carbocycles. The molecule has 0 aromatic carbocycles. The zero-order chi connectivity index (χ0) is 7.07. The molecule has 1 fully saturated rings. The topological polar surface area (TPSA) is 37.3 Å². The molecule has 0 aliphatic heterocycles. The maximum Gasteiger partial charge on any atom is 1.00 e. The Hall–Kier alpha value is 1.82. The molecule has 5 heteroatoms. The van der Waals surface area contributed by atoms with Crippen molar-refractivity contribution in [2.75, 3.05) is 0 Å². The smallest absolute Gasteiger partial charge is 1.00 e. The fraction of sp³-hybridized carbons (Fsp3) is 0.833. The fourth-order valence-electron chi connectivity index (χ4n) is 0.820. The molecule has 56 valence electrons. The normalized spacial score (nSPS) is 20.5. The molecule has 0 amide bonds. The van der Waals surface area contributed by atoms with Gasteiger partial charge in [0.1, 0.15) is 4.75 Å². The van der Waals surface area contributed by atoms with Crippen LogP contribution in [0.2, 0.25) is 0 Å². The number of aliphatic carboxylic acids is 1. The predicted molar refractivity (Wildman–Crippen MR) is 40.0 cm³/mol. The first-order valence-electron chi connectivity index (χ1n) is 3.01. The van der Waals surface area contributed by atoms with Gasteiger partial charge in [0.05, 0.1) is 0 Å². The average Bonchev–Trinajstić information content (AvgIpc) is 2.42. The molecule has 0 radical (unpaired) electrons. The van der Waals surface area contributed by atoms with Crippen LogP contribution in [0, 0.1) is 5.92 Å². The van der Waals surface area contributed by atoms with E-state index in [1.807, 2.05) is 0 Å². The summed E-state index contributed by atoms with van der Waals surface area (Å²) in [5, 5.41) is 8.58. The van der Waals surface area contributed by atoms with E-state index in [-0.39, 0.29) is 62.0 Å². The SMILES string of the molecule is CC(S)(C(=O)O)C1CC1.[H-].[H-].[Na+].[Na+]. The van der Waals surface area contributed by atoms with Crippen molar-refractivity contribution < 1.29 is 71.9 Å². The second kappa shape index (κ2) is 5.53. The molecular weight excluding hydrogens is 182 g/mol. The zero-order valence-corrected chi connectivity index (χ0v) is 12.2. The molecule has 0 bridgehead atoms. The van der Waals surface area contributed by atoms with E-state index in [1.165, 1.54) is 0 Å². The monoisotopic (exact) mass is 194 g/mol. The number of hydrogen-bond acceptors (Lipinski definition) is 2. The van der Waals surface area contributed by atoms with Crippen LogP contribution in [0.15, 0.2) is 0 Å². The molecule has 1 saturated carbocycles. The summed E-state index contributed by atoms with van der Waals surface area (Å²) in [7, 11) is 0. The molecule has 1 unspecified atom stereocenters. The van der Waals surface area contributed by atoms with Gasteiger partial charge in [-0.05, 0) is 25.7 Å². The van der Waals surface area contributed by atoms with Crippen molar-refractivity contribution in [1.82, 2.24) is 0 Å². The van der Waals surface area contributed by atoms with E-state index in [1.54, 1.807) is 6.92 Å². The molecule has 1 N–H and O–H groups in total. The first kappa shape index (κ1) is 15.3. The summed E-state index contributed by atoms with van der Waals surface area (Å²) in [6.45, 7) is 1.66. The summed E-state index contributed by atoms with van der Waals surface area (Å²) in [6, 6.07) is 0. The molecular formula is C6H12Na2O2S. The van der Waals surface area contributed by atoms with Gasteiger partial charge in [-0.2, -0.15) is 12.6 Å². The Morgan fingerprint density at radius 1 is 1.64 bits per heavy atom. The molecule has 1 atom stereocenters. The number of rotatable bonds is 2. The maximum atomic E-state index is 10.4. The van der Waals surface area contributed by atoms with Gasteiger partial charge < -0.3 is 7.96 Å². The van der Waals surface area contributed by atoms with Crippen molar-refractivity contribution in [2.45, 2.75) is 24.5 Å². The summed E-state index contributed by atoms with van der Waals surface area (Å²) in [6.07, 6.45) is 2.04. The fourth-order valence-corrected chi connectivity index (χ4v) is 1.08. The summed E-state index contributed by atoms with van der Waals surface area (Å²) in [5.74, 6) is -0.494. The van der Waals surface area contributed by atoms with Gasteiger partial charge in [0.2, 0.25) is 0 Å². The molecule has 0 saturated heterocycles. The summed E-state index contributed by atoms with van der Waals surface area (Å²) in [5.41, 5.74) is 0. The largest absolute Gasteiger partial charge is 1.00 e. The van der Waals surface area contributed by atoms with E-state index in [2.05, 4.69) is 12.6 Å². The minimum Gasteiger partial charge on any atom is -1.00 e. The van der Waals surface area contributed by atoms with Gasteiger partial charge >= 0.3 is 65.1 Å². The van der Waals surface area contributed by atoms with Crippen molar-refractivity contribution in [2.24, 2.45) is 5.92 Å². The Labute approximate surface area is 119 Å². The van der Waals surface area contributed by atoms with Crippen LogP contribution in [0.5, 0.6) is 0 Å². The van der Waals surface area contributed by atoms with Crippen molar-refractivity contribution in [3.8, 4) is 0 Å². The molecule has 1 aliphatic rings. The van der Waals surface area contributed by atoms with Crippen LogP contribution in [0.4, 0.5) is 0 Å². The average molecular weight is 194 g/mol. The van der Waals surface area contributed by atoms with Crippen molar-refractivity contribution in [3.63, 3.8) is 0 Å². The Morgan fingerprint density at radius 2 is 2.00 bits per heavy atom. The minimum atomic E-state index is -0.798. The van der Waals surface area contributed by atoms with Gasteiger partial charge in [-0.1, -0.05) is 0 Å². The second-order valence-corrected chi connectivity index (χ2v) is 3.66. The van der Waals surface area contributed by atoms with Crippen LogP contribution >= 0.6 is 12.6 Å². The Morgan fingerprint density at radius 3 is 2.09 bits per heavy atom. The molecule has 1 rings (SSSR count). The van der Waals surface area contributed by atoms with E-state index in [4.69, 9.17) is 5.11 Å². The van der Waals surface area contributed by atoms with Crippen LogP contribution < -0.4 is 59.1 Å². The van der Waals surface area contributed by atoms with Crippen LogP contribution in [-0.2, 0) is 4.79 Å². The molecule has 2 nitrogen and oxygen atoms in total. The zero-order valence-electron chi connectivity index (χ0n) is 9.29. The van der Waals surface area contributed by atoms with E-state index in [0.29, 0.717) is 5.92 Å². The molecule has 0 aromatic heterocycles. The quantitative estimate of drug-likeness (QED) is 0.343. The number of carboxylic acids is 1. The third-order valence-corrected chi connectivity index (χ3v) is 2.36. The van der Waals surface area contributed by atoms with E-state index < -0.39 is 10.7 Å². The third-order valence-electron chi connectivity index (χ3n) is 1.81. The Balaban J connectivity index is -0.000000101. The Bertz CT molecular complexity index is 154. The number of carboxylic acid groups (broad SMARTS) is 1. The Kier molecular flexibility index (Phi) is 7.69. The first-order chi connectivity index (χ1) is 4.05. The number of thiol groups is 1. The van der Waals surface area contributed by atoms with E-state index in [9.17, 15) is 4.79 Å². The summed E-state index contributed by atoms with van der Waals surface area (Å²) in [4.78, 5) is 10.4. The van der Waals surface area contributed by atoms with Gasteiger partial charge in [0.15, 0.2) is 0 Å². The van der Waals surface area contributed by atoms with E-state index in [0.717, 1.165) is 12.8 Å². The van der Waals surface area contributed by atoms with Crippen molar-refractivity contribution in [1.29, 1.82) is 0 Å². The van der Waals surface area contributed by atoms with E-state index >= 15 is 0 Å².